The van der Waals surface area contributed by atoms with Crippen LogP contribution in [0.15, 0.2) is 48.9 Å². The molecule has 0 aliphatic carbocycles. The third-order valence-electron chi connectivity index (χ3n) is 3.24. The molecule has 2 heterocycles. The fourth-order valence-electron chi connectivity index (χ4n) is 2.26. The molecule has 96 valence electrons. The van der Waals surface area contributed by atoms with Gasteiger partial charge in [-0.3, -0.25) is 4.98 Å². The number of aromatic nitrogens is 2. The molecule has 0 aliphatic rings. The van der Waals surface area contributed by atoms with Crippen LogP contribution in [0, 0.1) is 18.3 Å². The maximum absolute atomic E-state index is 9.44. The lowest BCUT2D eigenvalue weighted by Crippen LogP contribution is -1.82. The summed E-state index contributed by atoms with van der Waals surface area (Å²) in [5, 5.41) is 10.5. The lowest BCUT2D eigenvalue weighted by molar-refractivity contribution is 1.32. The van der Waals surface area contributed by atoms with Crippen LogP contribution in [0.2, 0.25) is 0 Å². The summed E-state index contributed by atoms with van der Waals surface area (Å²) in [6, 6.07) is 12.3. The molecule has 0 spiro atoms. The van der Waals surface area contributed by atoms with Crippen LogP contribution in [0.25, 0.3) is 22.6 Å². The van der Waals surface area contributed by atoms with Gasteiger partial charge >= 0.3 is 0 Å². The van der Waals surface area contributed by atoms with Crippen molar-refractivity contribution in [1.29, 1.82) is 5.26 Å². The summed E-state index contributed by atoms with van der Waals surface area (Å²) in [4.78, 5) is 7.28. The number of nitrogens with one attached hydrogen (secondary N) is 1. The van der Waals surface area contributed by atoms with E-state index in [1.165, 1.54) is 5.56 Å². The van der Waals surface area contributed by atoms with E-state index in [1.54, 1.807) is 12.4 Å². The first kappa shape index (κ1) is 12.2. The van der Waals surface area contributed by atoms with Crippen LogP contribution in [0.1, 0.15) is 16.7 Å². The predicted molar refractivity (Wildman–Crippen MR) is 80.8 cm³/mol. The zero-order valence-corrected chi connectivity index (χ0v) is 11.1. The summed E-state index contributed by atoms with van der Waals surface area (Å²) < 4.78 is 0. The summed E-state index contributed by atoms with van der Waals surface area (Å²) in [7, 11) is 0. The van der Waals surface area contributed by atoms with Gasteiger partial charge in [0, 0.05) is 35.1 Å². The van der Waals surface area contributed by atoms with Crippen LogP contribution in [-0.4, -0.2) is 9.97 Å². The predicted octanol–water partition coefficient (Wildman–Crippen LogP) is 3.94. The molecular formula is C17H13N3. The van der Waals surface area contributed by atoms with E-state index in [1.807, 2.05) is 37.4 Å². The van der Waals surface area contributed by atoms with Gasteiger partial charge < -0.3 is 4.98 Å². The normalized spacial score (nSPS) is 11.5. The second-order valence-corrected chi connectivity index (χ2v) is 4.71. The molecule has 0 radical (unpaired) electrons. The lowest BCUT2D eigenvalue weighted by Gasteiger charge is -1.99. The van der Waals surface area contributed by atoms with Gasteiger partial charge in [0.15, 0.2) is 0 Å². The molecule has 0 aliphatic heterocycles. The second-order valence-electron chi connectivity index (χ2n) is 4.71. The molecule has 2 aromatic heterocycles. The molecule has 20 heavy (non-hydrogen) atoms. The van der Waals surface area contributed by atoms with E-state index in [0.29, 0.717) is 5.57 Å². The Labute approximate surface area is 117 Å². The number of fused-ring (bicyclic) bond motifs is 1. The zero-order chi connectivity index (χ0) is 13.9. The number of nitriles is 1. The molecule has 0 atom stereocenters. The first-order valence-electron chi connectivity index (χ1n) is 6.38. The number of aryl methyl sites for hydroxylation is 1. The SMILES string of the molecule is Cc1ccc2[nH]cc(/C(C#N)=C/c3cccnc3)c2c1. The van der Waals surface area contributed by atoms with Crippen LogP contribution in [0.4, 0.5) is 0 Å². The number of hydrogen-bond acceptors (Lipinski definition) is 2. The summed E-state index contributed by atoms with van der Waals surface area (Å²) in [6.45, 7) is 2.05. The molecule has 1 aromatic carbocycles. The van der Waals surface area contributed by atoms with Crippen molar-refractivity contribution in [3.63, 3.8) is 0 Å². The second kappa shape index (κ2) is 5.02. The number of nitrogens with zero attached hydrogens (tertiary/aromatic N) is 2. The average Bonchev–Trinajstić information content (AvgIpc) is 2.89. The maximum atomic E-state index is 9.44. The fraction of sp³-hybridized carbons (Fsp3) is 0.0588. The quantitative estimate of drug-likeness (QED) is 0.709. The van der Waals surface area contributed by atoms with Gasteiger partial charge in [-0.15, -0.1) is 0 Å². The Bertz CT molecular complexity index is 820. The molecule has 0 amide bonds. The molecule has 3 heteroatoms. The highest BCUT2D eigenvalue weighted by molar-refractivity contribution is 6.01. The van der Waals surface area contributed by atoms with E-state index in [4.69, 9.17) is 0 Å². The third-order valence-corrected chi connectivity index (χ3v) is 3.24. The molecular weight excluding hydrogens is 246 g/mol. The summed E-state index contributed by atoms with van der Waals surface area (Å²) in [5.74, 6) is 0. The van der Waals surface area contributed by atoms with Crippen LogP contribution < -0.4 is 0 Å². The van der Waals surface area contributed by atoms with E-state index < -0.39 is 0 Å². The number of aromatic amines is 1. The molecule has 3 aromatic rings. The number of allylic oxidation sites excluding steroid dienone is 1. The largest absolute Gasteiger partial charge is 0.361 e. The van der Waals surface area contributed by atoms with Gasteiger partial charge in [-0.25, -0.2) is 0 Å². The van der Waals surface area contributed by atoms with Gasteiger partial charge in [0.1, 0.15) is 0 Å². The van der Waals surface area contributed by atoms with Gasteiger partial charge in [-0.2, -0.15) is 5.26 Å². The first-order chi connectivity index (χ1) is 9.78. The average molecular weight is 259 g/mol. The first-order valence-corrected chi connectivity index (χ1v) is 6.38. The van der Waals surface area contributed by atoms with E-state index in [-0.39, 0.29) is 0 Å². The van der Waals surface area contributed by atoms with Crippen molar-refractivity contribution in [2.24, 2.45) is 0 Å². The van der Waals surface area contributed by atoms with E-state index in [9.17, 15) is 5.26 Å². The minimum absolute atomic E-state index is 0.634. The van der Waals surface area contributed by atoms with Crippen molar-refractivity contribution in [1.82, 2.24) is 9.97 Å². The fourth-order valence-corrected chi connectivity index (χ4v) is 2.26. The van der Waals surface area contributed by atoms with Crippen molar-refractivity contribution >= 4 is 22.6 Å². The Morgan fingerprint density at radius 1 is 1.35 bits per heavy atom. The number of hydrogen-bond donors (Lipinski definition) is 1. The van der Waals surface area contributed by atoms with Crippen molar-refractivity contribution in [2.75, 3.05) is 0 Å². The Morgan fingerprint density at radius 3 is 3.00 bits per heavy atom. The van der Waals surface area contributed by atoms with Gasteiger partial charge in [0.05, 0.1) is 11.6 Å². The van der Waals surface area contributed by atoms with Crippen LogP contribution in [0.5, 0.6) is 0 Å². The highest BCUT2D eigenvalue weighted by Crippen LogP contribution is 2.27. The summed E-state index contributed by atoms with van der Waals surface area (Å²) in [6.07, 6.45) is 7.21. The minimum atomic E-state index is 0.634. The molecule has 0 saturated carbocycles. The zero-order valence-electron chi connectivity index (χ0n) is 11.1. The Kier molecular flexibility index (Phi) is 3.06. The van der Waals surface area contributed by atoms with Crippen molar-refractivity contribution in [3.05, 3.63) is 65.6 Å². The highest BCUT2D eigenvalue weighted by atomic mass is 14.7. The number of pyridine rings is 1. The van der Waals surface area contributed by atoms with Crippen molar-refractivity contribution in [2.45, 2.75) is 6.92 Å². The van der Waals surface area contributed by atoms with E-state index in [0.717, 1.165) is 22.0 Å². The van der Waals surface area contributed by atoms with Gasteiger partial charge in [0.25, 0.3) is 0 Å². The minimum Gasteiger partial charge on any atom is -0.361 e. The van der Waals surface area contributed by atoms with E-state index >= 15 is 0 Å². The third kappa shape index (κ3) is 2.19. The molecule has 0 unspecified atom stereocenters. The van der Waals surface area contributed by atoms with Gasteiger partial charge in [0.2, 0.25) is 0 Å². The molecule has 1 N–H and O–H groups in total. The van der Waals surface area contributed by atoms with Gasteiger partial charge in [-0.05, 0) is 36.8 Å². The molecule has 3 nitrogen and oxygen atoms in total. The summed E-state index contributed by atoms with van der Waals surface area (Å²) >= 11 is 0. The number of rotatable bonds is 2. The molecule has 0 saturated heterocycles. The Morgan fingerprint density at radius 2 is 2.25 bits per heavy atom. The maximum Gasteiger partial charge on any atom is 0.0998 e. The van der Waals surface area contributed by atoms with Gasteiger partial charge in [-0.1, -0.05) is 17.7 Å². The Hall–Kier alpha value is -2.86. The monoisotopic (exact) mass is 259 g/mol. The van der Waals surface area contributed by atoms with Crippen LogP contribution >= 0.6 is 0 Å². The highest BCUT2D eigenvalue weighted by Gasteiger charge is 2.08. The molecule has 0 fully saturated rings. The van der Waals surface area contributed by atoms with Crippen molar-refractivity contribution < 1.29 is 0 Å². The van der Waals surface area contributed by atoms with Crippen molar-refractivity contribution in [3.8, 4) is 6.07 Å². The molecule has 3 rings (SSSR count). The van der Waals surface area contributed by atoms with Crippen LogP contribution in [0.3, 0.4) is 0 Å². The number of benzene rings is 1. The van der Waals surface area contributed by atoms with E-state index in [2.05, 4.69) is 28.2 Å². The Balaban J connectivity index is 2.16. The number of H-pyrrole nitrogens is 1. The molecule has 0 bridgehead atoms. The summed E-state index contributed by atoms with van der Waals surface area (Å²) in [5.41, 5.74) is 4.70. The standard InChI is InChI=1S/C17H13N3/c1-12-4-5-17-15(7-12)16(11-20-17)14(9-18)8-13-3-2-6-19-10-13/h2-8,10-11,20H,1H3/b14-8+. The van der Waals surface area contributed by atoms with Crippen LogP contribution in [-0.2, 0) is 0 Å². The topological polar surface area (TPSA) is 52.5 Å². The smallest absolute Gasteiger partial charge is 0.0998 e. The lowest BCUT2D eigenvalue weighted by atomic mass is 10.0.